The second kappa shape index (κ2) is 7.04. The average molecular weight is 358 g/mol. The summed E-state index contributed by atoms with van der Waals surface area (Å²) in [6, 6.07) is 4.41. The predicted molar refractivity (Wildman–Crippen MR) is 104 cm³/mol. The van der Waals surface area contributed by atoms with E-state index in [2.05, 4.69) is 24.2 Å². The van der Waals surface area contributed by atoms with E-state index in [1.807, 2.05) is 12.1 Å². The summed E-state index contributed by atoms with van der Waals surface area (Å²) in [6.45, 7) is 4.37. The smallest absolute Gasteiger partial charge is 0.251 e. The zero-order valence-corrected chi connectivity index (χ0v) is 16.0. The quantitative estimate of drug-likeness (QED) is 0.900. The number of hydrogen-bond acceptors (Lipinski definition) is 4. The van der Waals surface area contributed by atoms with Gasteiger partial charge in [-0.1, -0.05) is 12.8 Å². The number of piperidine rings is 1. The number of amides is 1. The molecule has 1 saturated carbocycles. The molecule has 0 spiro atoms. The van der Waals surface area contributed by atoms with E-state index in [1.165, 1.54) is 30.7 Å². The molecule has 5 heteroatoms. The summed E-state index contributed by atoms with van der Waals surface area (Å²) in [5.74, 6) is 0.648. The Kier molecular flexibility index (Phi) is 4.78. The summed E-state index contributed by atoms with van der Waals surface area (Å²) in [5.41, 5.74) is 2.98. The molecule has 1 aliphatic heterocycles. The van der Waals surface area contributed by atoms with Crippen molar-refractivity contribution in [1.29, 1.82) is 0 Å². The van der Waals surface area contributed by atoms with Gasteiger partial charge in [0.2, 0.25) is 0 Å². The van der Waals surface area contributed by atoms with Crippen molar-refractivity contribution in [1.82, 2.24) is 15.2 Å². The number of nitrogens with one attached hydrogen (secondary N) is 1. The fourth-order valence-electron chi connectivity index (χ4n) is 4.11. The van der Waals surface area contributed by atoms with Crippen LogP contribution >= 0.6 is 11.3 Å². The lowest BCUT2D eigenvalue weighted by Gasteiger charge is -2.27. The molecule has 1 aliphatic carbocycles. The zero-order valence-electron chi connectivity index (χ0n) is 15.2. The lowest BCUT2D eigenvalue weighted by molar-refractivity contribution is 0.0938. The van der Waals surface area contributed by atoms with E-state index in [4.69, 9.17) is 4.98 Å². The molecular weight excluding hydrogens is 330 g/mol. The van der Waals surface area contributed by atoms with Gasteiger partial charge in [-0.2, -0.15) is 0 Å². The topological polar surface area (TPSA) is 45.2 Å². The van der Waals surface area contributed by atoms with Crippen molar-refractivity contribution >= 4 is 27.5 Å². The molecule has 4 rings (SSSR count). The normalized spacial score (nSPS) is 20.4. The molecule has 134 valence electrons. The van der Waals surface area contributed by atoms with Crippen LogP contribution in [0.1, 0.15) is 65.4 Å². The maximum atomic E-state index is 12.6. The molecule has 1 aromatic carbocycles. The number of benzene rings is 1. The monoisotopic (exact) mass is 357 g/mol. The Bertz CT molecular complexity index is 771. The first-order chi connectivity index (χ1) is 12.1. The predicted octanol–water partition coefficient (Wildman–Crippen LogP) is 4.09. The summed E-state index contributed by atoms with van der Waals surface area (Å²) in [7, 11) is 2.19. The van der Waals surface area contributed by atoms with Gasteiger partial charge >= 0.3 is 0 Å². The standard InChI is InChI=1S/C20H27N3OS/c1-13-11-15(19(24)21-16-5-3-4-6-16)12-17-18(13)22-20(25-17)14-7-9-23(2)10-8-14/h11-12,14,16H,3-10H2,1-2H3,(H,21,24). The van der Waals surface area contributed by atoms with Crippen LogP contribution in [0.25, 0.3) is 10.2 Å². The number of likely N-dealkylation sites (tertiary alicyclic amines) is 1. The van der Waals surface area contributed by atoms with Gasteiger partial charge < -0.3 is 10.2 Å². The van der Waals surface area contributed by atoms with Crippen molar-refractivity contribution in [3.63, 3.8) is 0 Å². The van der Waals surface area contributed by atoms with Gasteiger partial charge in [0.15, 0.2) is 0 Å². The van der Waals surface area contributed by atoms with Crippen LogP contribution in [0.3, 0.4) is 0 Å². The number of carbonyl (C=O) groups excluding carboxylic acids is 1. The molecule has 1 amide bonds. The number of fused-ring (bicyclic) bond motifs is 1. The molecule has 0 atom stereocenters. The first-order valence-corrected chi connectivity index (χ1v) is 10.3. The molecule has 1 N–H and O–H groups in total. The third-order valence-electron chi connectivity index (χ3n) is 5.72. The molecule has 0 bridgehead atoms. The first-order valence-electron chi connectivity index (χ1n) is 9.50. The lowest BCUT2D eigenvalue weighted by Crippen LogP contribution is -2.32. The summed E-state index contributed by atoms with van der Waals surface area (Å²) in [4.78, 5) is 19.9. The third-order valence-corrected chi connectivity index (χ3v) is 6.89. The van der Waals surface area contributed by atoms with E-state index in [-0.39, 0.29) is 5.91 Å². The number of carbonyl (C=O) groups is 1. The molecule has 1 saturated heterocycles. The highest BCUT2D eigenvalue weighted by atomic mass is 32.1. The Labute approximate surface area is 153 Å². The van der Waals surface area contributed by atoms with Crippen molar-refractivity contribution in [2.24, 2.45) is 0 Å². The van der Waals surface area contributed by atoms with Gasteiger partial charge in [0.1, 0.15) is 0 Å². The summed E-state index contributed by atoms with van der Waals surface area (Å²) in [6.07, 6.45) is 7.08. The summed E-state index contributed by atoms with van der Waals surface area (Å²) in [5, 5.41) is 4.45. The minimum absolute atomic E-state index is 0.0751. The van der Waals surface area contributed by atoms with Gasteiger partial charge in [0, 0.05) is 17.5 Å². The molecular formula is C20H27N3OS. The van der Waals surface area contributed by atoms with Gasteiger partial charge in [-0.15, -0.1) is 11.3 Å². The van der Waals surface area contributed by atoms with Gasteiger partial charge in [-0.05, 0) is 70.4 Å². The van der Waals surface area contributed by atoms with Crippen molar-refractivity contribution in [2.45, 2.75) is 57.4 Å². The molecule has 1 aromatic heterocycles. The molecule has 2 aliphatic rings. The maximum absolute atomic E-state index is 12.6. The summed E-state index contributed by atoms with van der Waals surface area (Å²) < 4.78 is 1.16. The molecule has 2 heterocycles. The Hall–Kier alpha value is -1.46. The number of aryl methyl sites for hydroxylation is 1. The lowest BCUT2D eigenvalue weighted by atomic mass is 9.98. The van der Waals surface area contributed by atoms with Crippen LogP contribution in [-0.4, -0.2) is 42.0 Å². The third kappa shape index (κ3) is 3.58. The Balaban J connectivity index is 1.57. The number of aromatic nitrogens is 1. The molecule has 0 radical (unpaired) electrons. The molecule has 2 fully saturated rings. The van der Waals surface area contributed by atoms with E-state index in [0.29, 0.717) is 12.0 Å². The van der Waals surface area contributed by atoms with Crippen LogP contribution in [0.2, 0.25) is 0 Å². The minimum atomic E-state index is 0.0751. The van der Waals surface area contributed by atoms with E-state index in [1.54, 1.807) is 11.3 Å². The highest BCUT2D eigenvalue weighted by Gasteiger charge is 2.23. The highest BCUT2D eigenvalue weighted by molar-refractivity contribution is 7.18. The average Bonchev–Trinajstić information content (AvgIpc) is 3.25. The van der Waals surface area contributed by atoms with E-state index in [0.717, 1.165) is 47.3 Å². The zero-order chi connectivity index (χ0) is 17.4. The SMILES string of the molecule is Cc1cc(C(=O)NC2CCCC2)cc2sc(C3CCN(C)CC3)nc12. The second-order valence-corrected chi connectivity index (χ2v) is 8.79. The second-order valence-electron chi connectivity index (χ2n) is 7.72. The van der Waals surface area contributed by atoms with Crippen molar-refractivity contribution < 1.29 is 4.79 Å². The Morgan fingerprint density at radius 3 is 2.64 bits per heavy atom. The van der Waals surface area contributed by atoms with Crippen LogP contribution in [0, 0.1) is 6.92 Å². The van der Waals surface area contributed by atoms with Gasteiger partial charge in [-0.25, -0.2) is 4.98 Å². The Morgan fingerprint density at radius 2 is 1.92 bits per heavy atom. The van der Waals surface area contributed by atoms with Crippen molar-refractivity contribution in [2.75, 3.05) is 20.1 Å². The number of nitrogens with zero attached hydrogens (tertiary/aromatic N) is 2. The van der Waals surface area contributed by atoms with Crippen LogP contribution in [-0.2, 0) is 0 Å². The van der Waals surface area contributed by atoms with Crippen LogP contribution in [0.15, 0.2) is 12.1 Å². The van der Waals surface area contributed by atoms with E-state index in [9.17, 15) is 4.79 Å². The van der Waals surface area contributed by atoms with Gasteiger partial charge in [-0.3, -0.25) is 4.79 Å². The Morgan fingerprint density at radius 1 is 1.20 bits per heavy atom. The highest BCUT2D eigenvalue weighted by Crippen LogP contribution is 2.35. The fraction of sp³-hybridized carbons (Fsp3) is 0.600. The minimum Gasteiger partial charge on any atom is -0.349 e. The number of hydrogen-bond donors (Lipinski definition) is 1. The van der Waals surface area contributed by atoms with Crippen molar-refractivity contribution in [3.05, 3.63) is 28.3 Å². The molecule has 0 unspecified atom stereocenters. The van der Waals surface area contributed by atoms with E-state index < -0.39 is 0 Å². The number of thiazole rings is 1. The maximum Gasteiger partial charge on any atom is 0.251 e. The van der Waals surface area contributed by atoms with Gasteiger partial charge in [0.25, 0.3) is 5.91 Å². The molecule has 25 heavy (non-hydrogen) atoms. The summed E-state index contributed by atoms with van der Waals surface area (Å²) >= 11 is 1.78. The fourth-order valence-corrected chi connectivity index (χ4v) is 5.37. The first kappa shape index (κ1) is 17.0. The molecule has 2 aromatic rings. The van der Waals surface area contributed by atoms with Crippen LogP contribution in [0.5, 0.6) is 0 Å². The van der Waals surface area contributed by atoms with E-state index >= 15 is 0 Å². The largest absolute Gasteiger partial charge is 0.349 e. The van der Waals surface area contributed by atoms with Crippen LogP contribution in [0.4, 0.5) is 0 Å². The molecule has 4 nitrogen and oxygen atoms in total. The number of rotatable bonds is 3. The van der Waals surface area contributed by atoms with Crippen molar-refractivity contribution in [3.8, 4) is 0 Å². The van der Waals surface area contributed by atoms with Crippen LogP contribution < -0.4 is 5.32 Å². The van der Waals surface area contributed by atoms with Gasteiger partial charge in [0.05, 0.1) is 15.2 Å².